The highest BCUT2D eigenvalue weighted by Gasteiger charge is 2.56. The van der Waals surface area contributed by atoms with Crippen LogP contribution in [0.1, 0.15) is 84.5 Å². The van der Waals surface area contributed by atoms with Gasteiger partial charge in [0.05, 0.1) is 12.2 Å². The topological polar surface area (TPSA) is 77.2 Å². The lowest BCUT2D eigenvalue weighted by molar-refractivity contribution is -0.160. The van der Waals surface area contributed by atoms with E-state index in [9.17, 15) is 14.3 Å². The number of ether oxygens (including phenoxy) is 1. The number of benzene rings is 1. The van der Waals surface area contributed by atoms with E-state index in [1.807, 2.05) is 14.0 Å². The summed E-state index contributed by atoms with van der Waals surface area (Å²) in [6.45, 7) is 5.07. The van der Waals surface area contributed by atoms with Crippen molar-refractivity contribution in [1.29, 1.82) is 0 Å². The minimum Gasteiger partial charge on any atom is -0.390 e. The van der Waals surface area contributed by atoms with Gasteiger partial charge in [0, 0.05) is 19.1 Å². The molecule has 3 saturated carbocycles. The van der Waals surface area contributed by atoms with Gasteiger partial charge in [-0.15, -0.1) is 0 Å². The molecule has 6 nitrogen and oxygen atoms in total. The average molecular weight is 514 g/mol. The molecule has 7 atom stereocenters. The third kappa shape index (κ3) is 5.36. The summed E-state index contributed by atoms with van der Waals surface area (Å²) in [7, 11) is 1.84. The molecule has 1 N–H and O–H groups in total. The Morgan fingerprint density at radius 1 is 1.22 bits per heavy atom. The third-order valence-corrected chi connectivity index (χ3v) is 10.4. The normalized spacial score (nSPS) is 34.6. The number of methoxy groups -OCH3 is 1. The van der Waals surface area contributed by atoms with Crippen molar-refractivity contribution in [3.63, 3.8) is 0 Å². The minimum absolute atomic E-state index is 0.000256. The molecular formula is C30H44FN3O3. The molecule has 0 saturated heterocycles. The fourth-order valence-electron chi connectivity index (χ4n) is 8.52. The number of aromatic nitrogens is 3. The molecule has 1 aromatic heterocycles. The summed E-state index contributed by atoms with van der Waals surface area (Å²) in [5, 5.41) is 19.5. The van der Waals surface area contributed by atoms with Crippen molar-refractivity contribution in [3.05, 3.63) is 24.0 Å². The third-order valence-electron chi connectivity index (χ3n) is 10.4. The summed E-state index contributed by atoms with van der Waals surface area (Å²) in [6, 6.07) is 4.34. The van der Waals surface area contributed by atoms with E-state index in [0.717, 1.165) is 45.1 Å². The molecule has 0 bridgehead atoms. The Morgan fingerprint density at radius 2 is 2.03 bits per heavy atom. The zero-order valence-electron chi connectivity index (χ0n) is 22.8. The number of halogens is 1. The summed E-state index contributed by atoms with van der Waals surface area (Å²) in [5.41, 5.74) is 0.756. The molecule has 5 rings (SSSR count). The summed E-state index contributed by atoms with van der Waals surface area (Å²) < 4.78 is 19.4. The molecule has 2 aromatic rings. The van der Waals surface area contributed by atoms with Crippen LogP contribution in [-0.4, -0.2) is 45.2 Å². The van der Waals surface area contributed by atoms with E-state index in [0.29, 0.717) is 34.7 Å². The van der Waals surface area contributed by atoms with Gasteiger partial charge < -0.3 is 9.84 Å². The number of hydrogen-bond donors (Lipinski definition) is 1. The maximum Gasteiger partial charge on any atom is 0.159 e. The van der Waals surface area contributed by atoms with E-state index in [2.05, 4.69) is 17.1 Å². The van der Waals surface area contributed by atoms with Gasteiger partial charge in [0.15, 0.2) is 5.78 Å². The lowest BCUT2D eigenvalue weighted by Crippen LogP contribution is -2.56. The van der Waals surface area contributed by atoms with Gasteiger partial charge in [0.1, 0.15) is 23.4 Å². The van der Waals surface area contributed by atoms with Gasteiger partial charge in [-0.2, -0.15) is 15.0 Å². The van der Waals surface area contributed by atoms with Crippen LogP contribution in [0.4, 0.5) is 4.39 Å². The second-order valence-electron chi connectivity index (χ2n) is 12.6. The number of carbonyl (C=O) groups is 1. The molecule has 0 spiro atoms. The van der Waals surface area contributed by atoms with E-state index in [1.54, 1.807) is 6.07 Å². The van der Waals surface area contributed by atoms with Crippen LogP contribution in [0.3, 0.4) is 0 Å². The van der Waals surface area contributed by atoms with Gasteiger partial charge in [0.25, 0.3) is 0 Å². The maximum absolute atomic E-state index is 13.5. The number of aliphatic hydroxyl groups is 1. The zero-order valence-corrected chi connectivity index (χ0v) is 22.8. The predicted octanol–water partition coefficient (Wildman–Crippen LogP) is 5.96. The highest BCUT2D eigenvalue weighted by molar-refractivity contribution is 5.81. The van der Waals surface area contributed by atoms with Crippen LogP contribution in [0.15, 0.2) is 18.2 Å². The SMILES string of the molecule is CCC(CCC1CCCC2C1CCC1CC(C)(O)CCC12COC)C(=O)Cn1nc2ccc(F)cc2n1. The standard InChI is InChI=1S/C30H44FN3O3/c1-4-20(28(35)18-34-32-26-13-11-23(31)16-27(26)33-34)8-9-21-6-5-7-25-24(21)12-10-22-17-29(2,36)14-15-30(22,25)19-37-3/h11,13,16,20-22,24-25,36H,4-10,12,14-15,17-19H2,1-3H3. The van der Waals surface area contributed by atoms with Crippen molar-refractivity contribution in [1.82, 2.24) is 15.0 Å². The van der Waals surface area contributed by atoms with Crippen molar-refractivity contribution >= 4 is 16.8 Å². The molecule has 204 valence electrons. The van der Waals surface area contributed by atoms with Gasteiger partial charge >= 0.3 is 0 Å². The summed E-state index contributed by atoms with van der Waals surface area (Å²) in [5.74, 6) is 2.40. The van der Waals surface area contributed by atoms with Crippen LogP contribution in [-0.2, 0) is 16.1 Å². The van der Waals surface area contributed by atoms with Crippen molar-refractivity contribution in [2.45, 2.75) is 96.6 Å². The van der Waals surface area contributed by atoms with E-state index >= 15 is 0 Å². The second kappa shape index (κ2) is 10.7. The Balaban J connectivity index is 1.24. The molecule has 3 aliphatic rings. The highest BCUT2D eigenvalue weighted by atomic mass is 19.1. The number of nitrogens with zero attached hydrogens (tertiary/aromatic N) is 3. The lowest BCUT2D eigenvalue weighted by Gasteiger charge is -2.60. The summed E-state index contributed by atoms with van der Waals surface area (Å²) in [6.07, 6.45) is 11.9. The molecule has 0 radical (unpaired) electrons. The van der Waals surface area contributed by atoms with Gasteiger partial charge in [-0.1, -0.05) is 19.8 Å². The first-order valence-electron chi connectivity index (χ1n) is 14.5. The quantitative estimate of drug-likeness (QED) is 0.448. The summed E-state index contributed by atoms with van der Waals surface area (Å²) >= 11 is 0. The van der Waals surface area contributed by atoms with Crippen molar-refractivity contribution < 1.29 is 19.0 Å². The maximum atomic E-state index is 13.5. The Morgan fingerprint density at radius 3 is 2.81 bits per heavy atom. The Labute approximate surface area is 220 Å². The minimum atomic E-state index is -0.541. The lowest BCUT2D eigenvalue weighted by atomic mass is 9.46. The van der Waals surface area contributed by atoms with Crippen LogP contribution in [0.2, 0.25) is 0 Å². The molecule has 1 heterocycles. The van der Waals surface area contributed by atoms with Crippen LogP contribution < -0.4 is 0 Å². The average Bonchev–Trinajstić information content (AvgIpc) is 3.26. The van der Waals surface area contributed by atoms with Crippen LogP contribution >= 0.6 is 0 Å². The Kier molecular flexibility index (Phi) is 7.75. The Hall–Kier alpha value is -1.86. The largest absolute Gasteiger partial charge is 0.390 e. The van der Waals surface area contributed by atoms with Gasteiger partial charge in [-0.25, -0.2) is 4.39 Å². The number of rotatable bonds is 9. The second-order valence-corrected chi connectivity index (χ2v) is 12.6. The van der Waals surface area contributed by atoms with E-state index in [-0.39, 0.29) is 29.5 Å². The molecule has 3 fully saturated rings. The number of Topliss-reactive ketones (excluding diaryl/α,β-unsaturated/α-hetero) is 1. The van der Waals surface area contributed by atoms with Crippen molar-refractivity contribution in [2.75, 3.05) is 13.7 Å². The number of fused-ring (bicyclic) bond motifs is 4. The smallest absolute Gasteiger partial charge is 0.159 e. The fourth-order valence-corrected chi connectivity index (χ4v) is 8.52. The highest BCUT2D eigenvalue weighted by Crippen LogP contribution is 2.62. The number of carbonyl (C=O) groups excluding carboxylic acids is 1. The molecular weight excluding hydrogens is 469 g/mol. The zero-order chi connectivity index (χ0) is 26.2. The van der Waals surface area contributed by atoms with Crippen molar-refractivity contribution in [2.24, 2.45) is 35.0 Å². The Bertz CT molecular complexity index is 1100. The van der Waals surface area contributed by atoms with Crippen LogP contribution in [0.25, 0.3) is 11.0 Å². The molecule has 7 unspecified atom stereocenters. The van der Waals surface area contributed by atoms with Crippen molar-refractivity contribution in [3.8, 4) is 0 Å². The first kappa shape index (κ1) is 26.7. The first-order valence-corrected chi connectivity index (χ1v) is 14.5. The fraction of sp³-hybridized carbons (Fsp3) is 0.767. The molecule has 0 amide bonds. The number of hydrogen-bond acceptors (Lipinski definition) is 5. The van der Waals surface area contributed by atoms with Crippen LogP contribution in [0.5, 0.6) is 0 Å². The van der Waals surface area contributed by atoms with E-state index < -0.39 is 5.60 Å². The first-order chi connectivity index (χ1) is 17.7. The van der Waals surface area contributed by atoms with Gasteiger partial charge in [-0.3, -0.25) is 4.79 Å². The predicted molar refractivity (Wildman–Crippen MR) is 141 cm³/mol. The van der Waals surface area contributed by atoms with E-state index in [4.69, 9.17) is 4.74 Å². The molecule has 37 heavy (non-hydrogen) atoms. The molecule has 3 aliphatic carbocycles. The van der Waals surface area contributed by atoms with Crippen LogP contribution in [0, 0.1) is 40.8 Å². The summed E-state index contributed by atoms with van der Waals surface area (Å²) in [4.78, 5) is 14.6. The van der Waals surface area contributed by atoms with E-state index in [1.165, 1.54) is 49.0 Å². The van der Waals surface area contributed by atoms with Gasteiger partial charge in [0.2, 0.25) is 0 Å². The molecule has 1 aromatic carbocycles. The molecule has 7 heteroatoms. The van der Waals surface area contributed by atoms with Gasteiger partial charge in [-0.05, 0) is 106 Å². The monoisotopic (exact) mass is 513 g/mol. The number of ketones is 1. The molecule has 0 aliphatic heterocycles.